The van der Waals surface area contributed by atoms with Crippen LogP contribution >= 0.6 is 0 Å². The number of rotatable bonds is 9. The minimum absolute atomic E-state index is 0.133. The van der Waals surface area contributed by atoms with Gasteiger partial charge in [0.1, 0.15) is 11.8 Å². The maximum atomic E-state index is 11.1. The van der Waals surface area contributed by atoms with E-state index in [1.54, 1.807) is 6.07 Å². The first-order valence-corrected chi connectivity index (χ1v) is 6.89. The fraction of sp³-hybridized carbons (Fsp3) is 0.500. The number of benzene rings is 1. The summed E-state index contributed by atoms with van der Waals surface area (Å²) in [7, 11) is 0. The van der Waals surface area contributed by atoms with Crippen LogP contribution in [0, 0.1) is 10.1 Å². The first-order valence-electron chi connectivity index (χ1n) is 6.89. The quantitative estimate of drug-likeness (QED) is 0.536. The number of ether oxygens (including phenoxy) is 1. The van der Waals surface area contributed by atoms with E-state index in [2.05, 4.69) is 5.32 Å². The Morgan fingerprint density at radius 1 is 1.38 bits per heavy atom. The minimum Gasteiger partial charge on any atom is -0.493 e. The number of nitro groups is 1. The molecule has 1 unspecified atom stereocenters. The van der Waals surface area contributed by atoms with Gasteiger partial charge in [-0.2, -0.15) is 0 Å². The zero-order valence-electron chi connectivity index (χ0n) is 12.2. The summed E-state index contributed by atoms with van der Waals surface area (Å²) in [6.07, 6.45) is 1.90. The van der Waals surface area contributed by atoms with Gasteiger partial charge >= 0.3 is 5.97 Å². The van der Waals surface area contributed by atoms with Gasteiger partial charge in [0.2, 0.25) is 0 Å². The van der Waals surface area contributed by atoms with Crippen molar-refractivity contribution in [3.8, 4) is 5.75 Å². The molecule has 0 aliphatic rings. The fourth-order valence-electron chi connectivity index (χ4n) is 1.82. The molecule has 0 aromatic heterocycles. The van der Waals surface area contributed by atoms with Crippen molar-refractivity contribution in [2.45, 2.75) is 39.2 Å². The third-order valence-corrected chi connectivity index (χ3v) is 2.79. The molecular weight excluding hydrogens is 276 g/mol. The van der Waals surface area contributed by atoms with Crippen LogP contribution in [-0.2, 0) is 4.79 Å². The Morgan fingerprint density at radius 2 is 2.10 bits per heavy atom. The Balaban J connectivity index is 3.00. The molecule has 116 valence electrons. The second-order valence-electron chi connectivity index (χ2n) is 4.64. The van der Waals surface area contributed by atoms with E-state index in [9.17, 15) is 14.9 Å². The van der Waals surface area contributed by atoms with Crippen molar-refractivity contribution in [1.29, 1.82) is 0 Å². The molecule has 21 heavy (non-hydrogen) atoms. The van der Waals surface area contributed by atoms with E-state index in [1.807, 2.05) is 13.8 Å². The number of aliphatic carboxylic acids is 1. The molecule has 0 aliphatic carbocycles. The van der Waals surface area contributed by atoms with Crippen molar-refractivity contribution in [3.63, 3.8) is 0 Å². The highest BCUT2D eigenvalue weighted by molar-refractivity contribution is 5.77. The Labute approximate surface area is 123 Å². The highest BCUT2D eigenvalue weighted by atomic mass is 16.6. The van der Waals surface area contributed by atoms with E-state index in [4.69, 9.17) is 9.84 Å². The molecule has 0 spiro atoms. The van der Waals surface area contributed by atoms with Crippen molar-refractivity contribution in [2.24, 2.45) is 0 Å². The van der Waals surface area contributed by atoms with E-state index >= 15 is 0 Å². The summed E-state index contributed by atoms with van der Waals surface area (Å²) in [4.78, 5) is 21.5. The zero-order valence-corrected chi connectivity index (χ0v) is 12.2. The number of carboxylic acid groups (broad SMARTS) is 1. The highest BCUT2D eigenvalue weighted by Gasteiger charge is 2.18. The summed E-state index contributed by atoms with van der Waals surface area (Å²) in [5, 5.41) is 22.9. The maximum Gasteiger partial charge on any atom is 0.326 e. The summed E-state index contributed by atoms with van der Waals surface area (Å²) in [6.45, 7) is 4.25. The largest absolute Gasteiger partial charge is 0.493 e. The molecule has 2 N–H and O–H groups in total. The summed E-state index contributed by atoms with van der Waals surface area (Å²) in [5.74, 6) is -0.631. The van der Waals surface area contributed by atoms with Gasteiger partial charge in [-0.25, -0.2) is 4.79 Å². The molecule has 0 saturated carbocycles. The van der Waals surface area contributed by atoms with Gasteiger partial charge in [-0.1, -0.05) is 20.3 Å². The van der Waals surface area contributed by atoms with Gasteiger partial charge in [0, 0.05) is 17.8 Å². The molecule has 0 heterocycles. The predicted octanol–water partition coefficient (Wildman–Crippen LogP) is 3.05. The van der Waals surface area contributed by atoms with Crippen LogP contribution in [0.3, 0.4) is 0 Å². The van der Waals surface area contributed by atoms with E-state index in [-0.39, 0.29) is 5.69 Å². The molecule has 0 amide bonds. The predicted molar refractivity (Wildman–Crippen MR) is 78.8 cm³/mol. The number of carboxylic acids is 1. The van der Waals surface area contributed by atoms with Crippen LogP contribution in [0.25, 0.3) is 0 Å². The van der Waals surface area contributed by atoms with Crippen molar-refractivity contribution in [2.75, 3.05) is 11.9 Å². The zero-order chi connectivity index (χ0) is 15.8. The van der Waals surface area contributed by atoms with Crippen molar-refractivity contribution >= 4 is 17.3 Å². The molecule has 0 bridgehead atoms. The summed E-state index contributed by atoms with van der Waals surface area (Å²) in [6, 6.07) is 3.44. The fourth-order valence-corrected chi connectivity index (χ4v) is 1.82. The van der Waals surface area contributed by atoms with Gasteiger partial charge in [0.25, 0.3) is 5.69 Å². The first-order chi connectivity index (χ1) is 9.97. The van der Waals surface area contributed by atoms with E-state index in [0.717, 1.165) is 6.42 Å². The Bertz CT molecular complexity index is 504. The smallest absolute Gasteiger partial charge is 0.326 e. The lowest BCUT2D eigenvalue weighted by molar-refractivity contribution is -0.384. The lowest BCUT2D eigenvalue weighted by Gasteiger charge is -2.15. The molecule has 0 aliphatic heterocycles. The number of anilines is 1. The van der Waals surface area contributed by atoms with Gasteiger partial charge in [0.15, 0.2) is 0 Å². The average Bonchev–Trinajstić information content (AvgIpc) is 2.44. The number of non-ortho nitro benzene ring substituents is 1. The number of carbonyl (C=O) groups is 1. The molecule has 0 radical (unpaired) electrons. The minimum atomic E-state index is -0.987. The average molecular weight is 296 g/mol. The molecule has 1 aromatic rings. The standard InChI is InChI=1S/C14H20N2O5/c1-3-5-13(14(17)18)15-10-7-11(16(19)20)9-12(8-10)21-6-4-2/h7-9,13,15H,3-6H2,1-2H3,(H,17,18). The molecule has 7 heteroatoms. The Morgan fingerprint density at radius 3 is 2.62 bits per heavy atom. The molecule has 0 saturated heterocycles. The Kier molecular flexibility index (Phi) is 6.45. The van der Waals surface area contributed by atoms with Crippen LogP contribution in [-0.4, -0.2) is 28.6 Å². The van der Waals surface area contributed by atoms with Crippen molar-refractivity contribution in [1.82, 2.24) is 0 Å². The summed E-state index contributed by atoms with van der Waals surface area (Å²) in [5.41, 5.74) is 0.239. The normalized spacial score (nSPS) is 11.7. The summed E-state index contributed by atoms with van der Waals surface area (Å²) >= 11 is 0. The lowest BCUT2D eigenvalue weighted by Crippen LogP contribution is -2.28. The van der Waals surface area contributed by atoms with Crippen LogP contribution in [0.15, 0.2) is 18.2 Å². The molecule has 1 rings (SSSR count). The number of nitrogens with zero attached hydrogens (tertiary/aromatic N) is 1. The van der Waals surface area contributed by atoms with Crippen LogP contribution in [0.5, 0.6) is 5.75 Å². The second-order valence-corrected chi connectivity index (χ2v) is 4.64. The molecular formula is C14H20N2O5. The maximum absolute atomic E-state index is 11.1. The molecule has 1 atom stereocenters. The molecule has 0 fully saturated rings. The van der Waals surface area contributed by atoms with Crippen LogP contribution in [0.1, 0.15) is 33.1 Å². The van der Waals surface area contributed by atoms with Gasteiger partial charge in [-0.05, 0) is 12.8 Å². The SMILES string of the molecule is CCCOc1cc(NC(CCC)C(=O)O)cc([N+](=O)[O-])c1. The van der Waals surface area contributed by atoms with E-state index < -0.39 is 16.9 Å². The molecule has 1 aromatic carbocycles. The second kappa shape index (κ2) is 8.08. The van der Waals surface area contributed by atoms with Crippen LogP contribution in [0.4, 0.5) is 11.4 Å². The van der Waals surface area contributed by atoms with Gasteiger partial charge in [-0.15, -0.1) is 0 Å². The molecule has 7 nitrogen and oxygen atoms in total. The van der Waals surface area contributed by atoms with E-state index in [1.165, 1.54) is 12.1 Å². The van der Waals surface area contributed by atoms with Gasteiger partial charge in [0.05, 0.1) is 17.6 Å². The monoisotopic (exact) mass is 296 g/mol. The third-order valence-electron chi connectivity index (χ3n) is 2.79. The van der Waals surface area contributed by atoms with E-state index in [0.29, 0.717) is 30.9 Å². The first kappa shape index (κ1) is 16.7. The summed E-state index contributed by atoms with van der Waals surface area (Å²) < 4.78 is 5.40. The number of hydrogen-bond donors (Lipinski definition) is 2. The van der Waals surface area contributed by atoms with Crippen molar-refractivity contribution in [3.05, 3.63) is 28.3 Å². The van der Waals surface area contributed by atoms with Gasteiger partial charge in [-0.3, -0.25) is 10.1 Å². The topological polar surface area (TPSA) is 102 Å². The number of nitro benzene ring substituents is 1. The van der Waals surface area contributed by atoms with Crippen LogP contribution < -0.4 is 10.1 Å². The Hall–Kier alpha value is -2.31. The number of hydrogen-bond acceptors (Lipinski definition) is 5. The van der Waals surface area contributed by atoms with Gasteiger partial charge < -0.3 is 15.2 Å². The van der Waals surface area contributed by atoms with Crippen molar-refractivity contribution < 1.29 is 19.6 Å². The third kappa shape index (κ3) is 5.29. The highest BCUT2D eigenvalue weighted by Crippen LogP contribution is 2.27. The number of nitrogens with one attached hydrogen (secondary N) is 1. The lowest BCUT2D eigenvalue weighted by atomic mass is 10.1. The van der Waals surface area contributed by atoms with Crippen LogP contribution in [0.2, 0.25) is 0 Å².